The monoisotopic (exact) mass is 689 g/mol. The molecule has 6 rings (SSSR count). The number of ether oxygens (including phenoxy) is 2. The first kappa shape index (κ1) is 30.6. The Labute approximate surface area is 264 Å². The van der Waals surface area contributed by atoms with Crippen LogP contribution in [-0.4, -0.2) is 91.2 Å². The van der Waals surface area contributed by atoms with Gasteiger partial charge in [0.15, 0.2) is 0 Å². The second kappa shape index (κ2) is 11.8. The van der Waals surface area contributed by atoms with Crippen molar-refractivity contribution in [1.82, 2.24) is 24.8 Å². The maximum atomic E-state index is 13.9. The van der Waals surface area contributed by atoms with Gasteiger partial charge in [0.05, 0.1) is 18.9 Å². The van der Waals surface area contributed by atoms with Gasteiger partial charge in [-0.2, -0.15) is 0 Å². The zero-order chi connectivity index (χ0) is 31.2. The number of benzene rings is 1. The van der Waals surface area contributed by atoms with Crippen molar-refractivity contribution in [3.05, 3.63) is 41.0 Å². The number of halogens is 1. The third-order valence-corrected chi connectivity index (χ3v) is 11.3. The molecule has 4 unspecified atom stereocenters. The highest BCUT2D eigenvalue weighted by Crippen LogP contribution is 2.46. The molecule has 3 heterocycles. The van der Waals surface area contributed by atoms with E-state index < -0.39 is 44.8 Å². The van der Waals surface area contributed by atoms with Gasteiger partial charge in [-0.1, -0.05) is 12.2 Å². The van der Waals surface area contributed by atoms with Gasteiger partial charge in [0.25, 0.3) is 5.91 Å². The van der Waals surface area contributed by atoms with Gasteiger partial charge in [-0.3, -0.25) is 14.3 Å². The van der Waals surface area contributed by atoms with E-state index in [-0.39, 0.29) is 31.3 Å². The summed E-state index contributed by atoms with van der Waals surface area (Å²) in [7, 11) is -0.517. The number of allylic oxidation sites excluding steroid dienone is 1. The lowest BCUT2D eigenvalue weighted by molar-refractivity contribution is -0.131. The molecule has 4 amide bonds. The lowest BCUT2D eigenvalue weighted by atomic mass is 10.1. The number of hydrogen-bond donors (Lipinski definition) is 2. The molecule has 12 nitrogen and oxygen atoms in total. The summed E-state index contributed by atoms with van der Waals surface area (Å²) in [5.41, 5.74) is -1.40. The highest BCUT2D eigenvalue weighted by molar-refractivity contribution is 9.10. The second-order valence-corrected chi connectivity index (χ2v) is 14.9. The number of hydrogen-bond acceptors (Lipinski definition) is 8. The number of nitrogens with zero attached hydrogens (tertiary/aromatic N) is 3. The first-order valence-corrected chi connectivity index (χ1v) is 17.2. The predicted octanol–water partition coefficient (Wildman–Crippen LogP) is 3.10. The van der Waals surface area contributed by atoms with Crippen molar-refractivity contribution in [3.8, 4) is 11.6 Å². The normalized spacial score (nSPS) is 28.4. The van der Waals surface area contributed by atoms with Crippen LogP contribution in [0, 0.1) is 5.92 Å². The number of fused-ring (bicyclic) bond motifs is 3. The van der Waals surface area contributed by atoms with E-state index >= 15 is 0 Å². The summed E-state index contributed by atoms with van der Waals surface area (Å²) >= 11 is 3.53. The molecule has 44 heavy (non-hydrogen) atoms. The first-order chi connectivity index (χ1) is 21.0. The Morgan fingerprint density at radius 1 is 1.20 bits per heavy atom. The Kier molecular flexibility index (Phi) is 8.24. The molecular formula is C30H36BrN5O7S. The minimum atomic E-state index is -3.81. The summed E-state index contributed by atoms with van der Waals surface area (Å²) in [6.07, 6.45) is 8.74. The lowest BCUT2D eigenvalue weighted by Gasteiger charge is -2.30. The quantitative estimate of drug-likeness (QED) is 0.440. The van der Waals surface area contributed by atoms with E-state index in [1.54, 1.807) is 31.3 Å². The zero-order valence-corrected chi connectivity index (χ0v) is 27.0. The average molecular weight is 691 g/mol. The number of carbonyl (C=O) groups excluding carboxylic acids is 3. The van der Waals surface area contributed by atoms with Gasteiger partial charge in [-0.05, 0) is 72.7 Å². The molecule has 1 aromatic heterocycles. The number of carbonyl (C=O) groups is 3. The summed E-state index contributed by atoms with van der Waals surface area (Å²) < 4.78 is 39.9. The topological polar surface area (TPSA) is 147 Å². The number of methoxy groups -OCH3 is 1. The molecule has 1 aromatic carbocycles. The number of sulfonamides is 1. The van der Waals surface area contributed by atoms with Crippen LogP contribution in [0.25, 0.3) is 10.8 Å². The predicted molar refractivity (Wildman–Crippen MR) is 166 cm³/mol. The number of rotatable bonds is 6. The third-order valence-electron chi connectivity index (χ3n) is 8.87. The van der Waals surface area contributed by atoms with E-state index in [0.29, 0.717) is 31.0 Å². The van der Waals surface area contributed by atoms with Crippen molar-refractivity contribution >= 4 is 54.6 Å². The fourth-order valence-electron chi connectivity index (χ4n) is 6.04. The largest absolute Gasteiger partial charge is 0.497 e. The van der Waals surface area contributed by atoms with E-state index in [4.69, 9.17) is 9.47 Å². The van der Waals surface area contributed by atoms with Crippen molar-refractivity contribution < 1.29 is 32.3 Å². The summed E-state index contributed by atoms with van der Waals surface area (Å²) in [4.78, 5) is 48.6. The number of nitrogens with one attached hydrogen (secondary N) is 2. The molecular weight excluding hydrogens is 654 g/mol. The molecule has 236 valence electrons. The molecule has 2 aliphatic carbocycles. The van der Waals surface area contributed by atoms with Gasteiger partial charge in [0.2, 0.25) is 21.8 Å². The maximum Gasteiger partial charge on any atom is 0.320 e. The molecule has 2 aromatic rings. The van der Waals surface area contributed by atoms with Gasteiger partial charge >= 0.3 is 6.03 Å². The Balaban J connectivity index is 1.27. The van der Waals surface area contributed by atoms with E-state index in [1.807, 2.05) is 24.3 Å². The van der Waals surface area contributed by atoms with Crippen LogP contribution in [0.1, 0.15) is 44.9 Å². The number of urea groups is 1. The van der Waals surface area contributed by atoms with Crippen LogP contribution in [0.5, 0.6) is 11.6 Å². The molecule has 1 saturated heterocycles. The van der Waals surface area contributed by atoms with Crippen LogP contribution in [0.4, 0.5) is 4.79 Å². The van der Waals surface area contributed by atoms with Crippen LogP contribution >= 0.6 is 15.9 Å². The van der Waals surface area contributed by atoms with E-state index in [9.17, 15) is 22.8 Å². The highest BCUT2D eigenvalue weighted by atomic mass is 79.9. The third kappa shape index (κ3) is 5.97. The van der Waals surface area contributed by atoms with Crippen molar-refractivity contribution in [2.75, 3.05) is 27.2 Å². The fourth-order valence-corrected chi connectivity index (χ4v) is 7.83. The zero-order valence-electron chi connectivity index (χ0n) is 24.6. The Morgan fingerprint density at radius 2 is 2.00 bits per heavy atom. The SMILES string of the molecule is COc1ccc2c(OC3CC4C(=O)NC5(C(=O)NS(=O)(=O)C6CC6)CC5/C=C/CCCCN(C)C(=O)N4C3)ncc(Br)c2c1. The van der Waals surface area contributed by atoms with Crippen LogP contribution < -0.4 is 19.5 Å². The molecule has 4 atom stereocenters. The molecule has 0 spiro atoms. The molecule has 0 bridgehead atoms. The van der Waals surface area contributed by atoms with Crippen LogP contribution in [0.2, 0.25) is 0 Å². The van der Waals surface area contributed by atoms with Gasteiger partial charge in [0, 0.05) is 47.4 Å². The minimum Gasteiger partial charge on any atom is -0.497 e. The van der Waals surface area contributed by atoms with Crippen molar-refractivity contribution in [2.24, 2.45) is 5.92 Å². The summed E-state index contributed by atoms with van der Waals surface area (Å²) in [6, 6.07) is 4.27. The van der Waals surface area contributed by atoms with E-state index in [2.05, 4.69) is 31.0 Å². The summed E-state index contributed by atoms with van der Waals surface area (Å²) in [5, 5.41) is 3.87. The molecule has 2 N–H and O–H groups in total. The lowest BCUT2D eigenvalue weighted by Crippen LogP contribution is -2.57. The average Bonchev–Trinajstić information content (AvgIpc) is 3.92. The van der Waals surface area contributed by atoms with Crippen molar-refractivity contribution in [2.45, 2.75) is 67.9 Å². The number of aromatic nitrogens is 1. The van der Waals surface area contributed by atoms with Crippen LogP contribution in [0.3, 0.4) is 0 Å². The Morgan fingerprint density at radius 3 is 2.75 bits per heavy atom. The Bertz CT molecular complexity index is 1630. The Hall–Kier alpha value is -3.39. The molecule has 3 fully saturated rings. The van der Waals surface area contributed by atoms with Crippen LogP contribution in [0.15, 0.2) is 41.0 Å². The van der Waals surface area contributed by atoms with E-state index in [1.165, 1.54) is 4.90 Å². The van der Waals surface area contributed by atoms with Crippen LogP contribution in [-0.2, 0) is 19.6 Å². The molecule has 0 radical (unpaired) electrons. The van der Waals surface area contributed by atoms with Gasteiger partial charge in [-0.15, -0.1) is 0 Å². The number of amides is 4. The van der Waals surface area contributed by atoms with Crippen molar-refractivity contribution in [3.63, 3.8) is 0 Å². The van der Waals surface area contributed by atoms with E-state index in [0.717, 1.165) is 34.5 Å². The maximum absolute atomic E-state index is 13.9. The molecule has 14 heteroatoms. The summed E-state index contributed by atoms with van der Waals surface area (Å²) in [6.45, 7) is 0.661. The molecule has 2 aliphatic heterocycles. The first-order valence-electron chi connectivity index (χ1n) is 14.9. The fraction of sp³-hybridized carbons (Fsp3) is 0.533. The number of pyridine rings is 1. The highest BCUT2D eigenvalue weighted by Gasteiger charge is 2.62. The second-order valence-electron chi connectivity index (χ2n) is 12.0. The molecule has 4 aliphatic rings. The standard InChI is InChI=1S/C30H36BrN5O7S/c1-35-12-6-4-3-5-7-18-15-30(18,28(38)34-44(40,41)21-9-10-21)33-26(37)25-14-20(17-36(25)29(35)39)43-27-22-11-8-19(42-2)13-23(22)24(31)16-32-27/h5,7-8,11,13,16,18,20-21,25H,3-4,6,9-10,12,14-15,17H2,1-2H3,(H,33,37)(H,34,38)/b7-5+. The van der Waals surface area contributed by atoms with Crippen molar-refractivity contribution in [1.29, 1.82) is 0 Å². The smallest absolute Gasteiger partial charge is 0.320 e. The van der Waals surface area contributed by atoms with Gasteiger partial charge in [-0.25, -0.2) is 18.2 Å². The van der Waals surface area contributed by atoms with Gasteiger partial charge in [0.1, 0.15) is 23.4 Å². The minimum absolute atomic E-state index is 0.134. The van der Waals surface area contributed by atoms with Gasteiger partial charge < -0.3 is 24.6 Å². The molecule has 2 saturated carbocycles. The summed E-state index contributed by atoms with van der Waals surface area (Å²) in [5.74, 6) is -0.575.